The molecule has 0 radical (unpaired) electrons. The van der Waals surface area contributed by atoms with Crippen molar-refractivity contribution in [2.75, 3.05) is 6.61 Å². The third-order valence-electron chi connectivity index (χ3n) is 1.64. The molecule has 0 aromatic heterocycles. The molecule has 0 aliphatic carbocycles. The van der Waals surface area contributed by atoms with Crippen molar-refractivity contribution in [1.82, 2.24) is 0 Å². The molecule has 0 aromatic rings. The van der Waals surface area contributed by atoms with E-state index in [0.717, 1.165) is 12.8 Å². The van der Waals surface area contributed by atoms with E-state index in [-0.39, 0.29) is 18.8 Å². The highest BCUT2D eigenvalue weighted by Gasteiger charge is 2.18. The van der Waals surface area contributed by atoms with Crippen LogP contribution in [-0.4, -0.2) is 35.1 Å². The van der Waals surface area contributed by atoms with Gasteiger partial charge in [0, 0.05) is 0 Å². The van der Waals surface area contributed by atoms with Gasteiger partial charge in [0.25, 0.3) is 0 Å². The van der Waals surface area contributed by atoms with Crippen LogP contribution in [0.4, 0.5) is 0 Å². The first-order valence-corrected chi connectivity index (χ1v) is 4.56. The molecule has 0 fully saturated rings. The summed E-state index contributed by atoms with van der Waals surface area (Å²) in [5.74, 6) is 0. The molecule has 0 aliphatic heterocycles. The van der Waals surface area contributed by atoms with Gasteiger partial charge in [-0.25, -0.2) is 0 Å². The molecule has 0 aliphatic rings. The Balaban J connectivity index is 3.84. The van der Waals surface area contributed by atoms with Crippen molar-refractivity contribution in [3.05, 3.63) is 0 Å². The predicted octanol–water partition coefficient (Wildman–Crippen LogP) is 0.933. The Morgan fingerprint density at radius 3 is 2.25 bits per heavy atom. The van der Waals surface area contributed by atoms with Crippen LogP contribution in [-0.2, 0) is 4.74 Å². The summed E-state index contributed by atoms with van der Waals surface area (Å²) in [6, 6.07) is 0. The van der Waals surface area contributed by atoms with Gasteiger partial charge in [0.05, 0.1) is 18.8 Å². The first-order chi connectivity index (χ1) is 5.61. The number of hydrogen-bond donors (Lipinski definition) is 2. The van der Waals surface area contributed by atoms with Crippen molar-refractivity contribution in [3.8, 4) is 0 Å². The summed E-state index contributed by atoms with van der Waals surface area (Å²) in [6.45, 7) is 5.65. The van der Waals surface area contributed by atoms with Crippen molar-refractivity contribution in [1.29, 1.82) is 0 Å². The maximum atomic E-state index is 9.32. The highest BCUT2D eigenvalue weighted by Crippen LogP contribution is 2.09. The van der Waals surface area contributed by atoms with Crippen LogP contribution in [0.15, 0.2) is 0 Å². The molecule has 0 heterocycles. The molecule has 12 heavy (non-hydrogen) atoms. The van der Waals surface area contributed by atoms with Crippen molar-refractivity contribution in [2.24, 2.45) is 0 Å². The van der Waals surface area contributed by atoms with E-state index in [2.05, 4.69) is 0 Å². The van der Waals surface area contributed by atoms with Crippen LogP contribution in [0.25, 0.3) is 0 Å². The number of rotatable bonds is 6. The molecule has 3 nitrogen and oxygen atoms in total. The highest BCUT2D eigenvalue weighted by molar-refractivity contribution is 4.68. The van der Waals surface area contributed by atoms with E-state index in [0.29, 0.717) is 0 Å². The zero-order valence-electron chi connectivity index (χ0n) is 8.16. The van der Waals surface area contributed by atoms with E-state index in [1.54, 1.807) is 0 Å². The number of ether oxygens (including phenoxy) is 1. The Labute approximate surface area is 74.4 Å². The van der Waals surface area contributed by atoms with E-state index in [9.17, 15) is 5.11 Å². The van der Waals surface area contributed by atoms with Crippen LogP contribution < -0.4 is 0 Å². The quantitative estimate of drug-likeness (QED) is 0.633. The van der Waals surface area contributed by atoms with Gasteiger partial charge in [0.1, 0.15) is 6.10 Å². The molecule has 0 rings (SSSR count). The minimum Gasteiger partial charge on any atom is -0.394 e. The molecular weight excluding hydrogens is 156 g/mol. The molecule has 0 saturated heterocycles. The van der Waals surface area contributed by atoms with Gasteiger partial charge >= 0.3 is 0 Å². The topological polar surface area (TPSA) is 49.7 Å². The molecular formula is C9H20O3. The Morgan fingerprint density at radius 2 is 1.92 bits per heavy atom. The minimum atomic E-state index is -0.743. The number of hydrogen-bond acceptors (Lipinski definition) is 3. The zero-order valence-corrected chi connectivity index (χ0v) is 8.16. The van der Waals surface area contributed by atoms with Crippen molar-refractivity contribution in [2.45, 2.75) is 51.9 Å². The third-order valence-corrected chi connectivity index (χ3v) is 1.64. The Kier molecular flexibility index (Phi) is 6.34. The van der Waals surface area contributed by atoms with E-state index < -0.39 is 6.10 Å². The summed E-state index contributed by atoms with van der Waals surface area (Å²) < 4.78 is 5.43. The van der Waals surface area contributed by atoms with Gasteiger partial charge in [-0.1, -0.05) is 13.3 Å². The van der Waals surface area contributed by atoms with Crippen LogP contribution in [0.3, 0.4) is 0 Å². The third kappa shape index (κ3) is 4.70. The summed E-state index contributed by atoms with van der Waals surface area (Å²) in [5, 5.41) is 18.0. The van der Waals surface area contributed by atoms with Gasteiger partial charge in [-0.3, -0.25) is 0 Å². The molecule has 0 aromatic carbocycles. The van der Waals surface area contributed by atoms with E-state index in [4.69, 9.17) is 9.84 Å². The van der Waals surface area contributed by atoms with Gasteiger partial charge in [-0.15, -0.1) is 0 Å². The lowest BCUT2D eigenvalue weighted by atomic mass is 10.1. The molecule has 0 bridgehead atoms. The summed E-state index contributed by atoms with van der Waals surface area (Å²) in [7, 11) is 0. The van der Waals surface area contributed by atoms with Crippen molar-refractivity contribution in [3.63, 3.8) is 0 Å². The second kappa shape index (κ2) is 6.40. The average molecular weight is 176 g/mol. The average Bonchev–Trinajstić information content (AvgIpc) is 2.01. The fourth-order valence-electron chi connectivity index (χ4n) is 1.10. The molecule has 74 valence electrons. The maximum Gasteiger partial charge on any atom is 0.103 e. The zero-order chi connectivity index (χ0) is 9.56. The molecule has 0 amide bonds. The molecule has 3 heteroatoms. The Bertz CT molecular complexity index is 104. The largest absolute Gasteiger partial charge is 0.394 e. The molecule has 2 atom stereocenters. The molecule has 0 unspecified atom stereocenters. The van der Waals surface area contributed by atoms with Crippen LogP contribution in [0.2, 0.25) is 0 Å². The first kappa shape index (κ1) is 11.9. The lowest BCUT2D eigenvalue weighted by molar-refractivity contribution is -0.0839. The van der Waals surface area contributed by atoms with Gasteiger partial charge < -0.3 is 14.9 Å². The number of aliphatic hydroxyl groups is 2. The lowest BCUT2D eigenvalue weighted by Gasteiger charge is -2.23. The van der Waals surface area contributed by atoms with Crippen LogP contribution in [0, 0.1) is 0 Å². The standard InChI is InChI=1S/C9H20O3/c1-4-5-9(8(11)6-10)12-7(2)3/h7-11H,4-6H2,1-3H3/t8-,9+/m0/s1. The summed E-state index contributed by atoms with van der Waals surface area (Å²) in [6.07, 6.45) is 0.879. The Hall–Kier alpha value is -0.120. The summed E-state index contributed by atoms with van der Waals surface area (Å²) >= 11 is 0. The predicted molar refractivity (Wildman–Crippen MR) is 48.0 cm³/mol. The minimum absolute atomic E-state index is 0.0998. The van der Waals surface area contributed by atoms with Gasteiger partial charge in [-0.05, 0) is 20.3 Å². The van der Waals surface area contributed by atoms with Gasteiger partial charge in [0.15, 0.2) is 0 Å². The van der Waals surface area contributed by atoms with E-state index >= 15 is 0 Å². The lowest BCUT2D eigenvalue weighted by Crippen LogP contribution is -2.33. The fourth-order valence-corrected chi connectivity index (χ4v) is 1.10. The second-order valence-corrected chi connectivity index (χ2v) is 3.26. The van der Waals surface area contributed by atoms with Gasteiger partial charge in [-0.2, -0.15) is 0 Å². The van der Waals surface area contributed by atoms with Crippen LogP contribution in [0.5, 0.6) is 0 Å². The highest BCUT2D eigenvalue weighted by atomic mass is 16.5. The number of aliphatic hydroxyl groups excluding tert-OH is 2. The van der Waals surface area contributed by atoms with Crippen molar-refractivity contribution >= 4 is 0 Å². The maximum absolute atomic E-state index is 9.32. The normalized spacial score (nSPS) is 16.5. The van der Waals surface area contributed by atoms with E-state index in [1.165, 1.54) is 0 Å². The van der Waals surface area contributed by atoms with E-state index in [1.807, 2.05) is 20.8 Å². The first-order valence-electron chi connectivity index (χ1n) is 4.56. The SMILES string of the molecule is CCC[C@@H](OC(C)C)[C@@H](O)CO. The smallest absolute Gasteiger partial charge is 0.103 e. The summed E-state index contributed by atoms with van der Waals surface area (Å²) in [5.41, 5.74) is 0. The molecule has 0 spiro atoms. The van der Waals surface area contributed by atoms with Crippen molar-refractivity contribution < 1.29 is 14.9 Å². The van der Waals surface area contributed by atoms with Crippen LogP contribution >= 0.6 is 0 Å². The summed E-state index contributed by atoms with van der Waals surface area (Å²) in [4.78, 5) is 0. The van der Waals surface area contributed by atoms with Crippen LogP contribution in [0.1, 0.15) is 33.6 Å². The van der Waals surface area contributed by atoms with Gasteiger partial charge in [0.2, 0.25) is 0 Å². The molecule has 0 saturated carbocycles. The second-order valence-electron chi connectivity index (χ2n) is 3.26. The monoisotopic (exact) mass is 176 g/mol. The Morgan fingerprint density at radius 1 is 1.33 bits per heavy atom. The fraction of sp³-hybridized carbons (Fsp3) is 1.00. The molecule has 2 N–H and O–H groups in total.